The number of carbonyl (C=O) groups is 1. The molecular weight excluding hydrogens is 280 g/mol. The molecule has 0 N–H and O–H groups in total. The normalized spacial score (nSPS) is 10.3. The Kier molecular flexibility index (Phi) is 4.51. The minimum absolute atomic E-state index is 0.0251. The van der Waals surface area contributed by atoms with Crippen molar-refractivity contribution in [3.05, 3.63) is 53.1 Å². The molecule has 0 radical (unpaired) electrons. The van der Waals surface area contributed by atoms with E-state index in [0.717, 1.165) is 15.5 Å². The van der Waals surface area contributed by atoms with Gasteiger partial charge in [0.2, 0.25) is 0 Å². The molecular formula is C15H13ClO2S. The summed E-state index contributed by atoms with van der Waals surface area (Å²) in [5, 5.41) is 0.486. The quantitative estimate of drug-likeness (QED) is 0.764. The average molecular weight is 293 g/mol. The van der Waals surface area contributed by atoms with E-state index in [1.54, 1.807) is 24.9 Å². The highest BCUT2D eigenvalue weighted by Gasteiger charge is 2.07. The van der Waals surface area contributed by atoms with Crippen LogP contribution in [0.1, 0.15) is 17.3 Å². The summed E-state index contributed by atoms with van der Waals surface area (Å²) < 4.78 is 5.18. The molecule has 0 amide bonds. The minimum atomic E-state index is -0.0251. The van der Waals surface area contributed by atoms with Gasteiger partial charge in [-0.2, -0.15) is 0 Å². The SMILES string of the molecule is COc1cccc(Sc2ccc(C(C)=O)c(Cl)c2)c1. The lowest BCUT2D eigenvalue weighted by Gasteiger charge is -2.06. The molecule has 0 saturated heterocycles. The maximum absolute atomic E-state index is 11.3. The van der Waals surface area contributed by atoms with Crippen LogP contribution in [0.25, 0.3) is 0 Å². The van der Waals surface area contributed by atoms with Crippen LogP contribution in [0, 0.1) is 0 Å². The van der Waals surface area contributed by atoms with E-state index in [2.05, 4.69) is 0 Å². The van der Waals surface area contributed by atoms with Gasteiger partial charge in [-0.3, -0.25) is 4.79 Å². The summed E-state index contributed by atoms with van der Waals surface area (Å²) in [4.78, 5) is 13.4. The van der Waals surface area contributed by atoms with Crippen LogP contribution in [0.3, 0.4) is 0 Å². The molecule has 0 aliphatic carbocycles. The van der Waals surface area contributed by atoms with E-state index in [-0.39, 0.29) is 5.78 Å². The molecule has 0 bridgehead atoms. The molecule has 0 aliphatic rings. The van der Waals surface area contributed by atoms with E-state index < -0.39 is 0 Å². The first-order valence-electron chi connectivity index (χ1n) is 5.72. The van der Waals surface area contributed by atoms with Gasteiger partial charge in [0.1, 0.15) is 5.75 Å². The fraction of sp³-hybridized carbons (Fsp3) is 0.133. The Bertz CT molecular complexity index is 611. The molecule has 98 valence electrons. The van der Waals surface area contributed by atoms with Crippen LogP contribution in [0.2, 0.25) is 5.02 Å². The third-order valence-electron chi connectivity index (χ3n) is 2.60. The molecule has 2 nitrogen and oxygen atoms in total. The predicted octanol–water partition coefficient (Wildman–Crippen LogP) is 4.70. The van der Waals surface area contributed by atoms with Crippen LogP contribution in [-0.2, 0) is 0 Å². The lowest BCUT2D eigenvalue weighted by molar-refractivity contribution is 0.101. The van der Waals surface area contributed by atoms with Crippen molar-refractivity contribution in [3.63, 3.8) is 0 Å². The van der Waals surface area contributed by atoms with Crippen molar-refractivity contribution in [2.45, 2.75) is 16.7 Å². The van der Waals surface area contributed by atoms with Crippen LogP contribution in [0.5, 0.6) is 5.75 Å². The maximum atomic E-state index is 11.3. The van der Waals surface area contributed by atoms with Gasteiger partial charge in [0.05, 0.1) is 12.1 Å². The smallest absolute Gasteiger partial charge is 0.161 e. The van der Waals surface area contributed by atoms with Crippen LogP contribution >= 0.6 is 23.4 Å². The van der Waals surface area contributed by atoms with Gasteiger partial charge in [-0.1, -0.05) is 29.4 Å². The topological polar surface area (TPSA) is 26.3 Å². The van der Waals surface area contributed by atoms with Crippen molar-refractivity contribution >= 4 is 29.1 Å². The van der Waals surface area contributed by atoms with Crippen LogP contribution < -0.4 is 4.74 Å². The number of Topliss-reactive ketones (excluding diaryl/α,β-unsaturated/α-hetero) is 1. The summed E-state index contributed by atoms with van der Waals surface area (Å²) in [5.74, 6) is 0.791. The van der Waals surface area contributed by atoms with Gasteiger partial charge in [0.15, 0.2) is 5.78 Å². The number of ketones is 1. The molecule has 0 unspecified atom stereocenters. The Hall–Kier alpha value is -1.45. The first kappa shape index (κ1) is 14.0. The molecule has 0 heterocycles. The Morgan fingerprint density at radius 3 is 2.53 bits per heavy atom. The summed E-state index contributed by atoms with van der Waals surface area (Å²) in [7, 11) is 1.64. The molecule has 0 atom stereocenters. The maximum Gasteiger partial charge on any atom is 0.161 e. The number of hydrogen-bond acceptors (Lipinski definition) is 3. The van der Waals surface area contributed by atoms with Crippen molar-refractivity contribution in [2.75, 3.05) is 7.11 Å². The highest BCUT2D eigenvalue weighted by molar-refractivity contribution is 7.99. The molecule has 4 heteroatoms. The van der Waals surface area contributed by atoms with Gasteiger partial charge in [-0.15, -0.1) is 0 Å². The molecule has 0 aromatic heterocycles. The number of carbonyl (C=O) groups excluding carboxylic acids is 1. The summed E-state index contributed by atoms with van der Waals surface area (Å²) in [6.45, 7) is 1.51. The van der Waals surface area contributed by atoms with Crippen LogP contribution in [0.4, 0.5) is 0 Å². The number of methoxy groups -OCH3 is 1. The van der Waals surface area contributed by atoms with Crippen molar-refractivity contribution in [3.8, 4) is 5.75 Å². The van der Waals surface area contributed by atoms with Crippen LogP contribution in [0.15, 0.2) is 52.3 Å². The fourth-order valence-corrected chi connectivity index (χ4v) is 2.93. The highest BCUT2D eigenvalue weighted by Crippen LogP contribution is 2.32. The fourth-order valence-electron chi connectivity index (χ4n) is 1.65. The Morgan fingerprint density at radius 1 is 1.16 bits per heavy atom. The Labute approximate surface area is 121 Å². The van der Waals surface area contributed by atoms with E-state index in [1.807, 2.05) is 36.4 Å². The standard InChI is InChI=1S/C15H13ClO2S/c1-10(17)14-7-6-13(9-15(14)16)19-12-5-3-4-11(8-12)18-2/h3-9H,1-2H3. The number of hydrogen-bond donors (Lipinski definition) is 0. The molecule has 0 fully saturated rings. The van der Waals surface area contributed by atoms with E-state index in [0.29, 0.717) is 10.6 Å². The highest BCUT2D eigenvalue weighted by atomic mass is 35.5. The third kappa shape index (κ3) is 3.52. The molecule has 2 aromatic carbocycles. The zero-order valence-electron chi connectivity index (χ0n) is 10.6. The summed E-state index contributed by atoms with van der Waals surface area (Å²) in [5.41, 5.74) is 0.552. The van der Waals surface area contributed by atoms with Crippen molar-refractivity contribution in [1.82, 2.24) is 0 Å². The van der Waals surface area contributed by atoms with Crippen molar-refractivity contribution < 1.29 is 9.53 Å². The number of halogens is 1. The van der Waals surface area contributed by atoms with E-state index in [1.165, 1.54) is 6.92 Å². The Balaban J connectivity index is 2.23. The van der Waals surface area contributed by atoms with Gasteiger partial charge >= 0.3 is 0 Å². The van der Waals surface area contributed by atoms with E-state index >= 15 is 0 Å². The summed E-state index contributed by atoms with van der Waals surface area (Å²) in [6, 6.07) is 13.3. The van der Waals surface area contributed by atoms with E-state index in [9.17, 15) is 4.79 Å². The monoisotopic (exact) mass is 292 g/mol. The molecule has 0 saturated carbocycles. The summed E-state index contributed by atoms with van der Waals surface area (Å²) >= 11 is 7.67. The van der Waals surface area contributed by atoms with Gasteiger partial charge in [0.25, 0.3) is 0 Å². The van der Waals surface area contributed by atoms with Crippen molar-refractivity contribution in [2.24, 2.45) is 0 Å². The first-order chi connectivity index (χ1) is 9.10. The number of ether oxygens (including phenoxy) is 1. The second kappa shape index (κ2) is 6.13. The second-order valence-corrected chi connectivity index (χ2v) is 5.53. The second-order valence-electron chi connectivity index (χ2n) is 3.98. The number of rotatable bonds is 4. The largest absolute Gasteiger partial charge is 0.497 e. The molecule has 0 spiro atoms. The first-order valence-corrected chi connectivity index (χ1v) is 6.92. The van der Waals surface area contributed by atoms with E-state index in [4.69, 9.17) is 16.3 Å². The predicted molar refractivity (Wildman–Crippen MR) is 78.6 cm³/mol. The zero-order valence-corrected chi connectivity index (χ0v) is 12.2. The lowest BCUT2D eigenvalue weighted by atomic mass is 10.1. The van der Waals surface area contributed by atoms with Crippen LogP contribution in [-0.4, -0.2) is 12.9 Å². The molecule has 2 rings (SSSR count). The van der Waals surface area contributed by atoms with Crippen molar-refractivity contribution in [1.29, 1.82) is 0 Å². The Morgan fingerprint density at radius 2 is 1.89 bits per heavy atom. The molecule has 2 aromatic rings. The third-order valence-corrected chi connectivity index (χ3v) is 3.89. The van der Waals surface area contributed by atoms with Gasteiger partial charge in [0, 0.05) is 15.4 Å². The lowest BCUT2D eigenvalue weighted by Crippen LogP contribution is -1.92. The van der Waals surface area contributed by atoms with Gasteiger partial charge < -0.3 is 4.74 Å². The van der Waals surface area contributed by atoms with Gasteiger partial charge in [-0.25, -0.2) is 0 Å². The molecule has 0 aliphatic heterocycles. The summed E-state index contributed by atoms with van der Waals surface area (Å²) in [6.07, 6.45) is 0. The zero-order chi connectivity index (χ0) is 13.8. The average Bonchev–Trinajstić information content (AvgIpc) is 2.38. The molecule has 19 heavy (non-hydrogen) atoms. The number of benzene rings is 2. The minimum Gasteiger partial charge on any atom is -0.497 e. The van der Waals surface area contributed by atoms with Gasteiger partial charge in [-0.05, 0) is 43.3 Å².